The number of nitrogens with one attached hydrogen (secondary N) is 3. The van der Waals surface area contributed by atoms with Crippen molar-refractivity contribution in [2.45, 2.75) is 11.8 Å². The molecule has 4 rings (SSSR count). The lowest BCUT2D eigenvalue weighted by molar-refractivity contribution is 0.568. The van der Waals surface area contributed by atoms with Gasteiger partial charge in [0.05, 0.1) is 39.2 Å². The van der Waals surface area contributed by atoms with E-state index in [1.165, 1.54) is 30.7 Å². The molecule has 0 aliphatic heterocycles. The summed E-state index contributed by atoms with van der Waals surface area (Å²) in [5.41, 5.74) is 1.01. The first kappa shape index (κ1) is 19.0. The normalized spacial score (nSPS) is 11.7. The van der Waals surface area contributed by atoms with Crippen molar-refractivity contribution in [2.24, 2.45) is 0 Å². The third kappa shape index (κ3) is 3.57. The highest BCUT2D eigenvalue weighted by molar-refractivity contribution is 7.92. The lowest BCUT2D eigenvalue weighted by atomic mass is 10.1. The second-order valence-electron chi connectivity index (χ2n) is 6.38. The number of benzene rings is 2. The minimum absolute atomic E-state index is 0.0391. The number of furan rings is 1. The van der Waals surface area contributed by atoms with Gasteiger partial charge in [0.1, 0.15) is 0 Å². The maximum atomic E-state index is 12.9. The first-order chi connectivity index (χ1) is 13.7. The van der Waals surface area contributed by atoms with Gasteiger partial charge in [0.25, 0.3) is 10.0 Å². The van der Waals surface area contributed by atoms with Crippen molar-refractivity contribution in [1.29, 1.82) is 0 Å². The number of aryl methyl sites for hydroxylation is 1. The molecule has 2 aromatic carbocycles. The van der Waals surface area contributed by atoms with Gasteiger partial charge in [0.15, 0.2) is 0 Å². The number of hydrogen-bond acceptors (Lipinski definition) is 5. The van der Waals surface area contributed by atoms with Crippen molar-refractivity contribution in [3.63, 3.8) is 0 Å². The molecule has 2 aromatic heterocycles. The highest BCUT2D eigenvalue weighted by Crippen LogP contribution is 2.31. The van der Waals surface area contributed by atoms with E-state index in [9.17, 15) is 18.0 Å². The molecule has 0 amide bonds. The van der Waals surface area contributed by atoms with Gasteiger partial charge in [-0.3, -0.25) is 14.3 Å². The van der Waals surface area contributed by atoms with Crippen LogP contribution in [-0.4, -0.2) is 18.4 Å². The van der Waals surface area contributed by atoms with Crippen LogP contribution >= 0.6 is 11.6 Å². The first-order valence-electron chi connectivity index (χ1n) is 8.36. The average Bonchev–Trinajstić information content (AvgIpc) is 3.16. The van der Waals surface area contributed by atoms with Crippen LogP contribution in [0.15, 0.2) is 67.8 Å². The van der Waals surface area contributed by atoms with Crippen LogP contribution < -0.4 is 15.8 Å². The number of rotatable bonds is 4. The molecule has 0 atom stereocenters. The number of fused-ring (bicyclic) bond motifs is 1. The number of H-pyrrole nitrogens is 2. The summed E-state index contributed by atoms with van der Waals surface area (Å²) >= 11 is 6.29. The highest BCUT2D eigenvalue weighted by Gasteiger charge is 2.19. The summed E-state index contributed by atoms with van der Waals surface area (Å²) in [6.45, 7) is 1.59. The van der Waals surface area contributed by atoms with E-state index in [0.29, 0.717) is 21.7 Å². The monoisotopic (exact) mass is 431 g/mol. The molecular formula is C19H14ClN3O5S. The Morgan fingerprint density at radius 3 is 2.31 bits per heavy atom. The fourth-order valence-electron chi connectivity index (χ4n) is 2.98. The zero-order valence-corrected chi connectivity index (χ0v) is 16.5. The lowest BCUT2D eigenvalue weighted by Crippen LogP contribution is -2.29. The molecule has 0 saturated carbocycles. The average molecular weight is 432 g/mol. The molecule has 0 spiro atoms. The quantitative estimate of drug-likeness (QED) is 0.428. The molecule has 0 unspecified atom stereocenters. The summed E-state index contributed by atoms with van der Waals surface area (Å²) in [7, 11) is -3.98. The van der Waals surface area contributed by atoms with E-state index in [0.717, 1.165) is 5.56 Å². The van der Waals surface area contributed by atoms with Crippen LogP contribution in [0.3, 0.4) is 0 Å². The maximum absolute atomic E-state index is 12.9. The summed E-state index contributed by atoms with van der Waals surface area (Å²) in [4.78, 5) is 27.8. The number of halogens is 1. The van der Waals surface area contributed by atoms with Gasteiger partial charge >= 0.3 is 11.1 Å². The van der Waals surface area contributed by atoms with E-state index in [-0.39, 0.29) is 16.1 Å². The predicted octanol–water partition coefficient (Wildman–Crippen LogP) is 3.24. The van der Waals surface area contributed by atoms with Crippen molar-refractivity contribution in [3.05, 3.63) is 80.2 Å². The Hall–Kier alpha value is -3.30. The summed E-state index contributed by atoms with van der Waals surface area (Å²) in [6.07, 6.45) is 3.05. The van der Waals surface area contributed by atoms with E-state index in [2.05, 4.69) is 14.7 Å². The van der Waals surface area contributed by atoms with Crippen LogP contribution in [0.5, 0.6) is 0 Å². The molecule has 2 heterocycles. The van der Waals surface area contributed by atoms with Crippen LogP contribution in [0.25, 0.3) is 22.2 Å². The van der Waals surface area contributed by atoms with Gasteiger partial charge < -0.3 is 14.4 Å². The van der Waals surface area contributed by atoms with Crippen molar-refractivity contribution < 1.29 is 12.8 Å². The van der Waals surface area contributed by atoms with Crippen molar-refractivity contribution in [2.75, 3.05) is 4.72 Å². The molecule has 148 valence electrons. The molecule has 3 N–H and O–H groups in total. The van der Waals surface area contributed by atoms with E-state index in [1.54, 1.807) is 25.1 Å². The molecule has 0 radical (unpaired) electrons. The van der Waals surface area contributed by atoms with E-state index in [4.69, 9.17) is 16.0 Å². The Morgan fingerprint density at radius 2 is 1.69 bits per heavy atom. The lowest BCUT2D eigenvalue weighted by Gasteiger charge is -2.12. The van der Waals surface area contributed by atoms with Crippen LogP contribution in [0, 0.1) is 6.92 Å². The Morgan fingerprint density at radius 1 is 1.00 bits per heavy atom. The second kappa shape index (κ2) is 6.94. The van der Waals surface area contributed by atoms with E-state index < -0.39 is 21.1 Å². The van der Waals surface area contributed by atoms with E-state index in [1.807, 2.05) is 0 Å². The van der Waals surface area contributed by atoms with Crippen LogP contribution in [0.4, 0.5) is 5.69 Å². The molecule has 10 heteroatoms. The first-order valence-corrected chi connectivity index (χ1v) is 10.2. The van der Waals surface area contributed by atoms with Gasteiger partial charge in [0, 0.05) is 11.1 Å². The number of aromatic amines is 2. The van der Waals surface area contributed by atoms with Gasteiger partial charge in [-0.25, -0.2) is 8.42 Å². The largest absolute Gasteiger partial charge is 0.472 e. The molecule has 0 aliphatic rings. The van der Waals surface area contributed by atoms with Crippen LogP contribution in [0.1, 0.15) is 5.56 Å². The van der Waals surface area contributed by atoms with Crippen molar-refractivity contribution in [1.82, 2.24) is 9.97 Å². The summed E-state index contributed by atoms with van der Waals surface area (Å²) in [6, 6.07) is 9.29. The van der Waals surface area contributed by atoms with Crippen molar-refractivity contribution in [3.8, 4) is 11.1 Å². The molecule has 0 fully saturated rings. The summed E-state index contributed by atoms with van der Waals surface area (Å²) in [5.74, 6) is 0. The summed E-state index contributed by atoms with van der Waals surface area (Å²) in [5, 5.41) is 0.351. The van der Waals surface area contributed by atoms with Gasteiger partial charge in [-0.15, -0.1) is 0 Å². The minimum Gasteiger partial charge on any atom is -0.472 e. The molecule has 29 heavy (non-hydrogen) atoms. The maximum Gasteiger partial charge on any atom is 0.314 e. The molecule has 0 bridgehead atoms. The smallest absolute Gasteiger partial charge is 0.314 e. The van der Waals surface area contributed by atoms with Gasteiger partial charge in [-0.1, -0.05) is 17.7 Å². The van der Waals surface area contributed by atoms with Gasteiger partial charge in [0.2, 0.25) is 0 Å². The topological polar surface area (TPSA) is 125 Å². The number of aromatic nitrogens is 2. The zero-order chi connectivity index (χ0) is 20.8. The van der Waals surface area contributed by atoms with Gasteiger partial charge in [-0.05, 0) is 42.8 Å². The standard InChI is InChI=1S/C19H14ClN3O5S/c1-10-6-15-16(22-19(25)18(24)21-15)8-17(10)29(26,27)23-12-2-3-13(14(20)7-12)11-4-5-28-9-11/h2-9,23H,1H3,(H,21,24)(H,22,25). The fourth-order valence-corrected chi connectivity index (χ4v) is 4.58. The van der Waals surface area contributed by atoms with E-state index >= 15 is 0 Å². The Balaban J connectivity index is 1.73. The third-order valence-corrected chi connectivity index (χ3v) is 6.20. The SMILES string of the molecule is Cc1cc2[nH]c(=O)c(=O)[nH]c2cc1S(=O)(=O)Nc1ccc(-c2ccoc2)c(Cl)c1. The van der Waals surface area contributed by atoms with Gasteiger partial charge in [-0.2, -0.15) is 0 Å². The highest BCUT2D eigenvalue weighted by atomic mass is 35.5. The van der Waals surface area contributed by atoms with Crippen molar-refractivity contribution >= 4 is 38.3 Å². The van der Waals surface area contributed by atoms with Crippen LogP contribution in [0.2, 0.25) is 5.02 Å². The molecule has 8 nitrogen and oxygen atoms in total. The fraction of sp³-hybridized carbons (Fsp3) is 0.0526. The summed E-state index contributed by atoms with van der Waals surface area (Å²) < 4.78 is 33.3. The second-order valence-corrected chi connectivity index (χ2v) is 8.44. The number of hydrogen-bond donors (Lipinski definition) is 3. The third-order valence-electron chi connectivity index (χ3n) is 4.36. The number of anilines is 1. The molecule has 0 saturated heterocycles. The minimum atomic E-state index is -3.98. The van der Waals surface area contributed by atoms with Crippen LogP contribution in [-0.2, 0) is 10.0 Å². The number of sulfonamides is 1. The zero-order valence-electron chi connectivity index (χ0n) is 14.9. The predicted molar refractivity (Wildman–Crippen MR) is 110 cm³/mol. The molecule has 0 aliphatic carbocycles. The Kier molecular flexibility index (Phi) is 4.56. The Labute approximate surface area is 169 Å². The molecule has 4 aromatic rings. The molecular weight excluding hydrogens is 418 g/mol. The Bertz CT molecular complexity index is 1450.